The number of rotatable bonds is 8. The summed E-state index contributed by atoms with van der Waals surface area (Å²) in [6, 6.07) is 13.8. The van der Waals surface area contributed by atoms with Gasteiger partial charge in [-0.25, -0.2) is 0 Å². The van der Waals surface area contributed by atoms with Crippen LogP contribution in [0.3, 0.4) is 0 Å². The lowest BCUT2D eigenvalue weighted by molar-refractivity contribution is -0.114. The third-order valence-electron chi connectivity index (χ3n) is 4.46. The molecule has 0 unspecified atom stereocenters. The van der Waals surface area contributed by atoms with Crippen LogP contribution in [0.2, 0.25) is 0 Å². The fourth-order valence-electron chi connectivity index (χ4n) is 2.77. The average molecular weight is 396 g/mol. The molecule has 7 nitrogen and oxygen atoms in total. The number of amides is 3. The summed E-state index contributed by atoms with van der Waals surface area (Å²) in [5.41, 5.74) is 2.55. The number of anilines is 2. The molecular weight excluding hydrogens is 368 g/mol. The predicted molar refractivity (Wildman–Crippen MR) is 115 cm³/mol. The maximum atomic E-state index is 12.3. The highest BCUT2D eigenvalue weighted by Crippen LogP contribution is 2.13. The van der Waals surface area contributed by atoms with E-state index in [1.54, 1.807) is 67.5 Å². The smallest absolute Gasteiger partial charge is 0.253 e. The Balaban J connectivity index is 1.88. The van der Waals surface area contributed by atoms with Gasteiger partial charge in [0.15, 0.2) is 0 Å². The molecule has 0 spiro atoms. The fourth-order valence-corrected chi connectivity index (χ4v) is 2.77. The van der Waals surface area contributed by atoms with Crippen molar-refractivity contribution < 1.29 is 14.4 Å². The van der Waals surface area contributed by atoms with Gasteiger partial charge in [-0.2, -0.15) is 0 Å². The first-order valence-electron chi connectivity index (χ1n) is 9.60. The number of hydrogen-bond acceptors (Lipinski definition) is 4. The van der Waals surface area contributed by atoms with E-state index >= 15 is 0 Å². The summed E-state index contributed by atoms with van der Waals surface area (Å²) in [6.07, 6.45) is 0. The molecule has 2 rings (SSSR count). The number of nitrogens with one attached hydrogen (secondary N) is 2. The van der Waals surface area contributed by atoms with Crippen LogP contribution in [0.25, 0.3) is 0 Å². The summed E-state index contributed by atoms with van der Waals surface area (Å²) in [7, 11) is 3.40. The van der Waals surface area contributed by atoms with E-state index in [2.05, 4.69) is 10.6 Å². The molecule has 0 aliphatic rings. The zero-order valence-corrected chi connectivity index (χ0v) is 17.4. The van der Waals surface area contributed by atoms with Gasteiger partial charge < -0.3 is 20.4 Å². The molecule has 0 fully saturated rings. The maximum Gasteiger partial charge on any atom is 0.253 e. The van der Waals surface area contributed by atoms with E-state index in [9.17, 15) is 14.4 Å². The van der Waals surface area contributed by atoms with Gasteiger partial charge in [-0.3, -0.25) is 14.4 Å². The van der Waals surface area contributed by atoms with Crippen LogP contribution in [-0.4, -0.2) is 61.3 Å². The maximum absolute atomic E-state index is 12.3. The van der Waals surface area contributed by atoms with E-state index in [0.29, 0.717) is 29.9 Å². The first-order chi connectivity index (χ1) is 13.8. The number of hydrogen-bond donors (Lipinski definition) is 2. The molecule has 2 aromatic rings. The van der Waals surface area contributed by atoms with E-state index in [4.69, 9.17) is 0 Å². The van der Waals surface area contributed by atoms with Crippen LogP contribution in [0.5, 0.6) is 0 Å². The molecule has 154 valence electrons. The van der Waals surface area contributed by atoms with Crippen LogP contribution in [0.15, 0.2) is 48.5 Å². The zero-order valence-electron chi connectivity index (χ0n) is 17.4. The Morgan fingerprint density at radius 2 is 1.24 bits per heavy atom. The van der Waals surface area contributed by atoms with Crippen LogP contribution in [-0.2, 0) is 4.79 Å². The Bertz CT molecular complexity index is 841. The van der Waals surface area contributed by atoms with Gasteiger partial charge >= 0.3 is 0 Å². The summed E-state index contributed by atoms with van der Waals surface area (Å²) < 4.78 is 0. The molecule has 3 amide bonds. The Labute approximate surface area is 171 Å². The molecule has 0 radical (unpaired) electrons. The number of nitrogens with zero attached hydrogens (tertiary/aromatic N) is 2. The lowest BCUT2D eigenvalue weighted by Crippen LogP contribution is -2.30. The SMILES string of the molecule is CCN(CC)C(=O)c1ccc(NC(=O)CNc2ccc(C(=O)N(C)C)cc2)cc1. The van der Waals surface area contributed by atoms with Crippen LogP contribution < -0.4 is 10.6 Å². The van der Waals surface area contributed by atoms with Gasteiger partial charge in [0.25, 0.3) is 11.8 Å². The van der Waals surface area contributed by atoms with Crippen molar-refractivity contribution in [1.29, 1.82) is 0 Å². The van der Waals surface area contributed by atoms with Crippen molar-refractivity contribution in [3.63, 3.8) is 0 Å². The first kappa shape index (κ1) is 21.9. The van der Waals surface area contributed by atoms with Crippen molar-refractivity contribution in [2.75, 3.05) is 44.4 Å². The Morgan fingerprint density at radius 3 is 1.72 bits per heavy atom. The highest BCUT2D eigenvalue weighted by Gasteiger charge is 2.12. The van der Waals surface area contributed by atoms with Crippen molar-refractivity contribution in [1.82, 2.24) is 9.80 Å². The van der Waals surface area contributed by atoms with E-state index in [-0.39, 0.29) is 24.3 Å². The first-order valence-corrected chi connectivity index (χ1v) is 9.60. The van der Waals surface area contributed by atoms with E-state index in [1.807, 2.05) is 13.8 Å². The molecule has 0 saturated heterocycles. The molecule has 0 aliphatic carbocycles. The van der Waals surface area contributed by atoms with Gasteiger partial charge in [-0.05, 0) is 62.4 Å². The number of carbonyl (C=O) groups excluding carboxylic acids is 3. The highest BCUT2D eigenvalue weighted by atomic mass is 16.2. The van der Waals surface area contributed by atoms with Gasteiger partial charge in [0, 0.05) is 49.7 Å². The average Bonchev–Trinajstić information content (AvgIpc) is 2.73. The van der Waals surface area contributed by atoms with Crippen LogP contribution in [0.1, 0.15) is 34.6 Å². The summed E-state index contributed by atoms with van der Waals surface area (Å²) >= 11 is 0. The number of benzene rings is 2. The van der Waals surface area contributed by atoms with E-state index < -0.39 is 0 Å². The lowest BCUT2D eigenvalue weighted by Gasteiger charge is -2.18. The summed E-state index contributed by atoms with van der Waals surface area (Å²) in [6.45, 7) is 5.28. The summed E-state index contributed by atoms with van der Waals surface area (Å²) in [5, 5.41) is 5.81. The topological polar surface area (TPSA) is 81.8 Å². The van der Waals surface area contributed by atoms with Crippen molar-refractivity contribution in [2.24, 2.45) is 0 Å². The molecule has 0 saturated carbocycles. The molecule has 2 aromatic carbocycles. The monoisotopic (exact) mass is 396 g/mol. The van der Waals surface area contributed by atoms with Gasteiger partial charge in [0.1, 0.15) is 0 Å². The third-order valence-corrected chi connectivity index (χ3v) is 4.46. The van der Waals surface area contributed by atoms with Crippen molar-refractivity contribution in [2.45, 2.75) is 13.8 Å². The Kier molecular flexibility index (Phi) is 7.77. The minimum Gasteiger partial charge on any atom is -0.376 e. The number of carbonyl (C=O) groups is 3. The fraction of sp³-hybridized carbons (Fsp3) is 0.318. The second-order valence-electron chi connectivity index (χ2n) is 6.73. The van der Waals surface area contributed by atoms with Gasteiger partial charge in [0.05, 0.1) is 6.54 Å². The van der Waals surface area contributed by atoms with Crippen LogP contribution in [0, 0.1) is 0 Å². The largest absolute Gasteiger partial charge is 0.376 e. The quantitative estimate of drug-likeness (QED) is 0.719. The normalized spacial score (nSPS) is 10.2. The molecular formula is C22H28N4O3. The van der Waals surface area contributed by atoms with Gasteiger partial charge in [-0.1, -0.05) is 0 Å². The standard InChI is InChI=1S/C22H28N4O3/c1-5-26(6-2)22(29)17-9-13-19(14-10-17)24-20(27)15-23-18-11-7-16(8-12-18)21(28)25(3)4/h7-14,23H,5-6,15H2,1-4H3,(H,24,27). The molecule has 29 heavy (non-hydrogen) atoms. The van der Waals surface area contributed by atoms with Gasteiger partial charge in [0.2, 0.25) is 5.91 Å². The van der Waals surface area contributed by atoms with Gasteiger partial charge in [-0.15, -0.1) is 0 Å². The molecule has 0 atom stereocenters. The van der Waals surface area contributed by atoms with Crippen molar-refractivity contribution >= 4 is 29.1 Å². The zero-order chi connectivity index (χ0) is 21.4. The van der Waals surface area contributed by atoms with E-state index in [0.717, 1.165) is 5.69 Å². The lowest BCUT2D eigenvalue weighted by atomic mass is 10.1. The van der Waals surface area contributed by atoms with Crippen LogP contribution in [0.4, 0.5) is 11.4 Å². The molecule has 0 bridgehead atoms. The predicted octanol–water partition coefficient (Wildman–Crippen LogP) is 2.92. The van der Waals surface area contributed by atoms with Crippen molar-refractivity contribution in [3.05, 3.63) is 59.7 Å². The van der Waals surface area contributed by atoms with Crippen molar-refractivity contribution in [3.8, 4) is 0 Å². The highest BCUT2D eigenvalue weighted by molar-refractivity contribution is 5.97. The Hall–Kier alpha value is -3.35. The minimum atomic E-state index is -0.207. The molecule has 0 aromatic heterocycles. The Morgan fingerprint density at radius 1 is 0.759 bits per heavy atom. The minimum absolute atomic E-state index is 0.0225. The summed E-state index contributed by atoms with van der Waals surface area (Å²) in [5.74, 6) is -0.302. The molecule has 7 heteroatoms. The summed E-state index contributed by atoms with van der Waals surface area (Å²) in [4.78, 5) is 39.6. The molecule has 2 N–H and O–H groups in total. The van der Waals surface area contributed by atoms with Crippen LogP contribution >= 0.6 is 0 Å². The van der Waals surface area contributed by atoms with E-state index in [1.165, 1.54) is 4.90 Å². The second-order valence-corrected chi connectivity index (χ2v) is 6.73. The molecule has 0 aliphatic heterocycles. The molecule has 0 heterocycles. The third kappa shape index (κ3) is 6.07. The second kappa shape index (κ2) is 10.3.